The number of benzene rings is 4. The quantitative estimate of drug-likeness (QED) is 0.195. The summed E-state index contributed by atoms with van der Waals surface area (Å²) in [7, 11) is 0. The van der Waals surface area contributed by atoms with E-state index in [4.69, 9.17) is 9.47 Å². The van der Waals surface area contributed by atoms with E-state index in [2.05, 4.69) is 17.1 Å². The van der Waals surface area contributed by atoms with Gasteiger partial charge in [-0.25, -0.2) is 9.82 Å². The third-order valence-corrected chi connectivity index (χ3v) is 5.08. The average molecular weight is 455 g/mol. The third kappa shape index (κ3) is 5.66. The molecule has 0 bridgehead atoms. The number of hydrogen-bond acceptors (Lipinski definition) is 4. The summed E-state index contributed by atoms with van der Waals surface area (Å²) in [5.74, 6) is 0.612. The van der Waals surface area contributed by atoms with Crippen LogP contribution in [0.1, 0.15) is 21.5 Å². The van der Waals surface area contributed by atoms with E-state index < -0.39 is 0 Å². The van der Waals surface area contributed by atoms with Gasteiger partial charge in [0.15, 0.2) is 0 Å². The molecule has 0 aliphatic heterocycles. The zero-order valence-electron chi connectivity index (χ0n) is 18.4. The molecule has 5 nitrogen and oxygen atoms in total. The highest BCUT2D eigenvalue weighted by Gasteiger charge is 2.09. The Balaban J connectivity index is 1.51. The van der Waals surface area contributed by atoms with Crippen LogP contribution in [0.5, 0.6) is 11.5 Å². The summed E-state index contributed by atoms with van der Waals surface area (Å²) in [4.78, 5) is 12.5. The summed E-state index contributed by atoms with van der Waals surface area (Å²) in [5, 5.41) is 6.11. The molecule has 34 heavy (non-hydrogen) atoms. The van der Waals surface area contributed by atoms with Gasteiger partial charge in [0.1, 0.15) is 30.5 Å². The number of hydrazone groups is 1. The minimum absolute atomic E-state index is 0.270. The van der Waals surface area contributed by atoms with Gasteiger partial charge in [0, 0.05) is 11.1 Å². The van der Waals surface area contributed by atoms with Gasteiger partial charge in [0.05, 0.1) is 6.21 Å². The van der Waals surface area contributed by atoms with Crippen LogP contribution in [0.3, 0.4) is 0 Å². The molecular formula is C28H23FN2O3. The van der Waals surface area contributed by atoms with E-state index in [0.717, 1.165) is 21.9 Å². The fraction of sp³-hybridized carbons (Fsp3) is 0.0714. The van der Waals surface area contributed by atoms with Crippen LogP contribution in [0.15, 0.2) is 103 Å². The Kier molecular flexibility index (Phi) is 7.30. The van der Waals surface area contributed by atoms with Gasteiger partial charge in [0.2, 0.25) is 0 Å². The summed E-state index contributed by atoms with van der Waals surface area (Å²) < 4.78 is 24.6. The molecule has 1 N–H and O–H groups in total. The zero-order valence-corrected chi connectivity index (χ0v) is 18.4. The molecule has 4 rings (SSSR count). The maximum Gasteiger partial charge on any atom is 0.271 e. The number of halogens is 1. The minimum Gasteiger partial charge on any atom is -0.490 e. The first-order chi connectivity index (χ1) is 16.6. The monoisotopic (exact) mass is 454 g/mol. The molecule has 4 aromatic carbocycles. The van der Waals surface area contributed by atoms with E-state index in [9.17, 15) is 9.18 Å². The molecule has 0 aliphatic rings. The van der Waals surface area contributed by atoms with Crippen molar-refractivity contribution in [3.8, 4) is 11.5 Å². The van der Waals surface area contributed by atoms with Crippen LogP contribution in [-0.2, 0) is 6.61 Å². The lowest BCUT2D eigenvalue weighted by Gasteiger charge is -2.12. The first-order valence-corrected chi connectivity index (χ1v) is 10.7. The summed E-state index contributed by atoms with van der Waals surface area (Å²) in [6, 6.07) is 24.6. The normalized spacial score (nSPS) is 10.9. The van der Waals surface area contributed by atoms with E-state index in [1.165, 1.54) is 12.1 Å². The Labute approximate surface area is 197 Å². The molecule has 0 unspecified atom stereocenters. The fourth-order valence-corrected chi connectivity index (χ4v) is 3.35. The van der Waals surface area contributed by atoms with Gasteiger partial charge >= 0.3 is 0 Å². The second-order valence-corrected chi connectivity index (χ2v) is 7.44. The van der Waals surface area contributed by atoms with Crippen LogP contribution in [0.4, 0.5) is 4.39 Å². The Morgan fingerprint density at radius 1 is 0.941 bits per heavy atom. The predicted octanol–water partition coefficient (Wildman–Crippen LogP) is 5.89. The van der Waals surface area contributed by atoms with Crippen molar-refractivity contribution in [2.75, 3.05) is 6.61 Å². The van der Waals surface area contributed by atoms with Crippen molar-refractivity contribution >= 4 is 22.9 Å². The molecule has 0 atom stereocenters. The van der Waals surface area contributed by atoms with Crippen molar-refractivity contribution in [2.24, 2.45) is 5.10 Å². The molecule has 0 heterocycles. The summed E-state index contributed by atoms with van der Waals surface area (Å²) in [6.07, 6.45) is 3.22. The van der Waals surface area contributed by atoms with Crippen molar-refractivity contribution in [1.29, 1.82) is 0 Å². The number of amides is 1. The fourth-order valence-electron chi connectivity index (χ4n) is 3.35. The molecule has 6 heteroatoms. The molecule has 0 saturated carbocycles. The Morgan fingerprint density at radius 2 is 1.71 bits per heavy atom. The molecular weight excluding hydrogens is 431 g/mol. The van der Waals surface area contributed by atoms with E-state index in [-0.39, 0.29) is 18.3 Å². The number of nitrogens with one attached hydrogen (secondary N) is 1. The van der Waals surface area contributed by atoms with Gasteiger partial charge in [-0.05, 0) is 58.8 Å². The highest BCUT2D eigenvalue weighted by atomic mass is 19.1. The number of carbonyl (C=O) groups is 1. The molecule has 0 fully saturated rings. The van der Waals surface area contributed by atoms with Gasteiger partial charge in [-0.2, -0.15) is 5.10 Å². The second-order valence-electron chi connectivity index (χ2n) is 7.44. The third-order valence-electron chi connectivity index (χ3n) is 5.08. The number of carbonyl (C=O) groups excluding carboxylic acids is 1. The summed E-state index contributed by atoms with van der Waals surface area (Å²) >= 11 is 0. The summed E-state index contributed by atoms with van der Waals surface area (Å²) in [5.41, 5.74) is 4.58. The van der Waals surface area contributed by atoms with Crippen molar-refractivity contribution < 1.29 is 18.7 Å². The van der Waals surface area contributed by atoms with Crippen LogP contribution in [0, 0.1) is 5.82 Å². The van der Waals surface area contributed by atoms with Gasteiger partial charge in [-0.3, -0.25) is 4.79 Å². The van der Waals surface area contributed by atoms with Crippen molar-refractivity contribution in [3.63, 3.8) is 0 Å². The van der Waals surface area contributed by atoms with Crippen molar-refractivity contribution in [1.82, 2.24) is 5.43 Å². The molecule has 0 saturated heterocycles. The van der Waals surface area contributed by atoms with E-state index in [1.807, 2.05) is 36.4 Å². The molecule has 4 aromatic rings. The standard InChI is InChI=1S/C28H23FN2O3/c1-2-17-33-24-14-9-22(10-15-24)28(32)31-30-18-26-25-6-4-3-5-21(25)11-16-27(26)34-19-20-7-12-23(29)13-8-20/h2-16,18H,1,17,19H2,(H,31,32). The highest BCUT2D eigenvalue weighted by molar-refractivity contribution is 6.03. The second kappa shape index (κ2) is 10.9. The number of hydrogen-bond donors (Lipinski definition) is 1. The molecule has 0 spiro atoms. The van der Waals surface area contributed by atoms with Gasteiger partial charge < -0.3 is 9.47 Å². The van der Waals surface area contributed by atoms with E-state index in [0.29, 0.717) is 23.7 Å². The predicted molar refractivity (Wildman–Crippen MR) is 132 cm³/mol. The lowest BCUT2D eigenvalue weighted by molar-refractivity contribution is 0.0955. The molecule has 170 valence electrons. The smallest absolute Gasteiger partial charge is 0.271 e. The number of ether oxygens (including phenoxy) is 2. The van der Waals surface area contributed by atoms with Crippen LogP contribution in [-0.4, -0.2) is 18.7 Å². The topological polar surface area (TPSA) is 59.9 Å². The van der Waals surface area contributed by atoms with Crippen molar-refractivity contribution in [2.45, 2.75) is 6.61 Å². The van der Waals surface area contributed by atoms with Crippen molar-refractivity contribution in [3.05, 3.63) is 120 Å². The van der Waals surface area contributed by atoms with Crippen LogP contribution in [0.2, 0.25) is 0 Å². The maximum absolute atomic E-state index is 13.2. The molecule has 0 aromatic heterocycles. The molecule has 0 aliphatic carbocycles. The van der Waals surface area contributed by atoms with Gasteiger partial charge in [-0.15, -0.1) is 0 Å². The number of rotatable bonds is 9. The first kappa shape index (κ1) is 22.7. The van der Waals surface area contributed by atoms with Gasteiger partial charge in [0.25, 0.3) is 5.91 Å². The lowest BCUT2D eigenvalue weighted by Crippen LogP contribution is -2.17. The van der Waals surface area contributed by atoms with Crippen LogP contribution < -0.4 is 14.9 Å². The largest absolute Gasteiger partial charge is 0.490 e. The summed E-state index contributed by atoms with van der Waals surface area (Å²) in [6.45, 7) is 4.27. The minimum atomic E-state index is -0.347. The van der Waals surface area contributed by atoms with E-state index in [1.54, 1.807) is 48.7 Å². The average Bonchev–Trinajstić information content (AvgIpc) is 2.88. The molecule has 1 amide bonds. The SMILES string of the molecule is C=CCOc1ccc(C(=O)NN=Cc2c(OCc3ccc(F)cc3)ccc3ccccc23)cc1. The number of nitrogens with zero attached hydrogens (tertiary/aromatic N) is 1. The lowest BCUT2D eigenvalue weighted by atomic mass is 10.0. The Morgan fingerprint density at radius 3 is 2.47 bits per heavy atom. The first-order valence-electron chi connectivity index (χ1n) is 10.7. The van der Waals surface area contributed by atoms with Crippen LogP contribution >= 0.6 is 0 Å². The maximum atomic E-state index is 13.2. The highest BCUT2D eigenvalue weighted by Crippen LogP contribution is 2.27. The Hall–Kier alpha value is -4.45. The van der Waals surface area contributed by atoms with Gasteiger partial charge in [-0.1, -0.05) is 55.1 Å². The van der Waals surface area contributed by atoms with Crippen LogP contribution in [0.25, 0.3) is 10.8 Å². The molecule has 0 radical (unpaired) electrons. The zero-order chi connectivity index (χ0) is 23.8. The number of fused-ring (bicyclic) bond motifs is 1. The van der Waals surface area contributed by atoms with E-state index >= 15 is 0 Å². The Bertz CT molecular complexity index is 1320.